The van der Waals surface area contributed by atoms with E-state index in [9.17, 15) is 4.39 Å². The molecule has 3 rings (SSSR count). The average Bonchev–Trinajstić information content (AvgIpc) is 2.53. The molecule has 0 aliphatic rings. The van der Waals surface area contributed by atoms with E-state index in [0.29, 0.717) is 17.5 Å². The highest BCUT2D eigenvalue weighted by atomic mass is 79.9. The number of benzene rings is 2. The molecule has 1 aromatic heterocycles. The Morgan fingerprint density at radius 2 is 1.83 bits per heavy atom. The highest BCUT2D eigenvalue weighted by molar-refractivity contribution is 9.10. The van der Waals surface area contributed by atoms with Crippen LogP contribution < -0.4 is 10.6 Å². The summed E-state index contributed by atoms with van der Waals surface area (Å²) in [7, 11) is 0. The van der Waals surface area contributed by atoms with Crippen LogP contribution in [-0.4, -0.2) is 9.97 Å². The Balaban J connectivity index is 1.81. The summed E-state index contributed by atoms with van der Waals surface area (Å²) in [5.41, 5.74) is 2.35. The number of rotatable bonds is 4. The molecular weight excluding hydrogens is 359 g/mol. The second-order valence-electron chi connectivity index (χ2n) is 4.95. The van der Waals surface area contributed by atoms with Crippen LogP contribution >= 0.6 is 15.9 Å². The van der Waals surface area contributed by atoms with Gasteiger partial charge in [-0.15, -0.1) is 0 Å². The summed E-state index contributed by atoms with van der Waals surface area (Å²) in [5, 5.41) is 6.11. The first-order valence-electron chi connectivity index (χ1n) is 6.99. The fourth-order valence-corrected chi connectivity index (χ4v) is 2.55. The number of halogens is 2. The summed E-state index contributed by atoms with van der Waals surface area (Å²) in [5.74, 6) is 0.628. The Morgan fingerprint density at radius 1 is 1.00 bits per heavy atom. The van der Waals surface area contributed by atoms with E-state index in [1.54, 1.807) is 30.5 Å². The van der Waals surface area contributed by atoms with Crippen LogP contribution in [0.5, 0.6) is 0 Å². The van der Waals surface area contributed by atoms with E-state index in [0.717, 1.165) is 15.7 Å². The third-order valence-electron chi connectivity index (χ3n) is 3.23. The van der Waals surface area contributed by atoms with Crippen LogP contribution in [0.2, 0.25) is 0 Å². The van der Waals surface area contributed by atoms with Crippen molar-refractivity contribution >= 4 is 39.1 Å². The van der Waals surface area contributed by atoms with E-state index in [4.69, 9.17) is 0 Å². The first-order chi connectivity index (χ1) is 11.1. The van der Waals surface area contributed by atoms with Crippen molar-refractivity contribution in [2.75, 3.05) is 10.6 Å². The van der Waals surface area contributed by atoms with Crippen molar-refractivity contribution in [2.45, 2.75) is 6.92 Å². The lowest BCUT2D eigenvalue weighted by molar-refractivity contribution is 0.632. The molecule has 0 radical (unpaired) electrons. The molecule has 0 unspecified atom stereocenters. The van der Waals surface area contributed by atoms with Crippen molar-refractivity contribution in [3.05, 3.63) is 70.6 Å². The average molecular weight is 373 g/mol. The van der Waals surface area contributed by atoms with E-state index in [1.807, 2.05) is 25.1 Å². The molecule has 0 saturated heterocycles. The topological polar surface area (TPSA) is 49.8 Å². The number of para-hydroxylation sites is 1. The van der Waals surface area contributed by atoms with E-state index < -0.39 is 0 Å². The summed E-state index contributed by atoms with van der Waals surface area (Å²) in [4.78, 5) is 8.55. The second kappa shape index (κ2) is 6.75. The largest absolute Gasteiger partial charge is 0.338 e. The molecule has 0 aliphatic carbocycles. The van der Waals surface area contributed by atoms with Gasteiger partial charge in [-0.25, -0.2) is 9.37 Å². The normalized spacial score (nSPS) is 10.4. The second-order valence-corrected chi connectivity index (χ2v) is 5.87. The highest BCUT2D eigenvalue weighted by Gasteiger charge is 2.05. The van der Waals surface area contributed by atoms with Crippen molar-refractivity contribution in [1.82, 2.24) is 9.97 Å². The van der Waals surface area contributed by atoms with E-state index in [-0.39, 0.29) is 5.82 Å². The lowest BCUT2D eigenvalue weighted by atomic mass is 10.2. The van der Waals surface area contributed by atoms with Crippen molar-refractivity contribution in [2.24, 2.45) is 0 Å². The van der Waals surface area contributed by atoms with Gasteiger partial charge in [0.1, 0.15) is 11.6 Å². The first kappa shape index (κ1) is 15.4. The third-order valence-corrected chi connectivity index (χ3v) is 3.72. The van der Waals surface area contributed by atoms with Gasteiger partial charge in [-0.3, -0.25) is 0 Å². The van der Waals surface area contributed by atoms with Gasteiger partial charge in [0.25, 0.3) is 0 Å². The minimum atomic E-state index is -0.329. The van der Waals surface area contributed by atoms with Gasteiger partial charge >= 0.3 is 0 Å². The number of aromatic nitrogens is 2. The Morgan fingerprint density at radius 3 is 2.61 bits per heavy atom. The molecule has 1 heterocycles. The zero-order valence-electron chi connectivity index (χ0n) is 12.3. The van der Waals surface area contributed by atoms with Crippen LogP contribution in [0.3, 0.4) is 0 Å². The Kier molecular flexibility index (Phi) is 4.52. The summed E-state index contributed by atoms with van der Waals surface area (Å²) < 4.78 is 14.7. The number of nitrogens with one attached hydrogen (secondary N) is 2. The predicted molar refractivity (Wildman–Crippen MR) is 93.9 cm³/mol. The molecule has 0 bridgehead atoms. The minimum Gasteiger partial charge on any atom is -0.338 e. The molecule has 0 amide bonds. The van der Waals surface area contributed by atoms with E-state index in [1.165, 1.54) is 6.07 Å². The van der Waals surface area contributed by atoms with Crippen molar-refractivity contribution in [1.29, 1.82) is 0 Å². The van der Waals surface area contributed by atoms with Gasteiger partial charge < -0.3 is 10.6 Å². The van der Waals surface area contributed by atoms with Crippen LogP contribution in [0.4, 0.5) is 27.5 Å². The predicted octanol–water partition coefficient (Wildman–Crippen LogP) is 5.17. The Hall–Kier alpha value is -2.47. The van der Waals surface area contributed by atoms with Gasteiger partial charge in [0.15, 0.2) is 0 Å². The van der Waals surface area contributed by atoms with Gasteiger partial charge in [0.2, 0.25) is 5.95 Å². The molecule has 0 spiro atoms. The highest BCUT2D eigenvalue weighted by Crippen LogP contribution is 2.23. The number of hydrogen-bond donors (Lipinski definition) is 2. The molecule has 0 atom stereocenters. The molecular formula is C17H14BrFN4. The van der Waals surface area contributed by atoms with Crippen molar-refractivity contribution < 1.29 is 4.39 Å². The fraction of sp³-hybridized carbons (Fsp3) is 0.0588. The lowest BCUT2D eigenvalue weighted by Gasteiger charge is -2.10. The van der Waals surface area contributed by atoms with Gasteiger partial charge in [0.05, 0.1) is 5.69 Å². The third kappa shape index (κ3) is 3.84. The summed E-state index contributed by atoms with van der Waals surface area (Å²) in [6, 6.07) is 14.0. The van der Waals surface area contributed by atoms with Gasteiger partial charge in [-0.2, -0.15) is 4.98 Å². The van der Waals surface area contributed by atoms with E-state index in [2.05, 4.69) is 36.5 Å². The Labute approximate surface area is 141 Å². The molecule has 116 valence electrons. The van der Waals surface area contributed by atoms with Gasteiger partial charge in [-0.1, -0.05) is 28.1 Å². The molecule has 4 nitrogen and oxygen atoms in total. The SMILES string of the molecule is Cc1cc(Br)ccc1Nc1nccc(Nc2ccccc2F)n1. The lowest BCUT2D eigenvalue weighted by Crippen LogP contribution is -2.02. The molecule has 6 heteroatoms. The zero-order chi connectivity index (χ0) is 16.2. The molecule has 23 heavy (non-hydrogen) atoms. The number of hydrogen-bond acceptors (Lipinski definition) is 4. The van der Waals surface area contributed by atoms with Gasteiger partial charge in [-0.05, 0) is 48.9 Å². The Bertz CT molecular complexity index is 838. The van der Waals surface area contributed by atoms with Gasteiger partial charge in [0, 0.05) is 16.4 Å². The number of aryl methyl sites for hydroxylation is 1. The maximum absolute atomic E-state index is 13.7. The fourth-order valence-electron chi connectivity index (χ4n) is 2.08. The number of anilines is 4. The van der Waals surface area contributed by atoms with Crippen LogP contribution in [0.25, 0.3) is 0 Å². The minimum absolute atomic E-state index is 0.329. The van der Waals surface area contributed by atoms with Crippen LogP contribution in [0.1, 0.15) is 5.56 Å². The maximum Gasteiger partial charge on any atom is 0.229 e. The summed E-state index contributed by atoms with van der Waals surface area (Å²) in [6.45, 7) is 1.99. The monoisotopic (exact) mass is 372 g/mol. The van der Waals surface area contributed by atoms with Crippen molar-refractivity contribution in [3.63, 3.8) is 0 Å². The summed E-state index contributed by atoms with van der Waals surface area (Å²) in [6.07, 6.45) is 1.62. The summed E-state index contributed by atoms with van der Waals surface area (Å²) >= 11 is 3.43. The smallest absolute Gasteiger partial charge is 0.229 e. The quantitative estimate of drug-likeness (QED) is 0.662. The van der Waals surface area contributed by atoms with Crippen LogP contribution in [-0.2, 0) is 0 Å². The van der Waals surface area contributed by atoms with Crippen LogP contribution in [0.15, 0.2) is 59.2 Å². The molecule has 3 aromatic rings. The zero-order valence-corrected chi connectivity index (χ0v) is 13.9. The number of nitrogens with zero attached hydrogens (tertiary/aromatic N) is 2. The molecule has 2 N–H and O–H groups in total. The molecule has 0 saturated carbocycles. The van der Waals surface area contributed by atoms with Crippen LogP contribution in [0, 0.1) is 12.7 Å². The first-order valence-corrected chi connectivity index (χ1v) is 7.79. The molecule has 0 aliphatic heterocycles. The standard InChI is InChI=1S/C17H14BrFN4/c1-11-10-12(18)6-7-14(11)22-17-20-9-8-16(23-17)21-15-5-3-2-4-13(15)19/h2-10H,1H3,(H2,20,21,22,23). The van der Waals surface area contributed by atoms with Crippen molar-refractivity contribution in [3.8, 4) is 0 Å². The van der Waals surface area contributed by atoms with E-state index >= 15 is 0 Å². The molecule has 2 aromatic carbocycles. The maximum atomic E-state index is 13.7. The molecule has 0 fully saturated rings.